The molecule has 1 aliphatic rings. The van der Waals surface area contributed by atoms with Crippen molar-refractivity contribution in [1.82, 2.24) is 15.5 Å². The lowest BCUT2D eigenvalue weighted by atomic mass is 9.93. The van der Waals surface area contributed by atoms with Crippen LogP contribution in [0.3, 0.4) is 0 Å². The van der Waals surface area contributed by atoms with Gasteiger partial charge in [0.25, 0.3) is 0 Å². The van der Waals surface area contributed by atoms with Gasteiger partial charge in [-0.1, -0.05) is 55.5 Å². The van der Waals surface area contributed by atoms with Crippen molar-refractivity contribution in [3.8, 4) is 0 Å². The summed E-state index contributed by atoms with van der Waals surface area (Å²) in [6, 6.07) is 11.7. The van der Waals surface area contributed by atoms with Gasteiger partial charge in [0, 0.05) is 18.2 Å². The lowest BCUT2D eigenvalue weighted by Gasteiger charge is -2.36. The number of thiol groups is 1. The first-order chi connectivity index (χ1) is 20.9. The molecule has 1 saturated carbocycles. The molecule has 2 aromatic carbocycles. The van der Waals surface area contributed by atoms with Gasteiger partial charge < -0.3 is 25.0 Å². The molecule has 0 heterocycles. The van der Waals surface area contributed by atoms with Gasteiger partial charge in [0.2, 0.25) is 11.8 Å². The maximum absolute atomic E-state index is 14.6. The Hall–Kier alpha value is -3.53. The van der Waals surface area contributed by atoms with Crippen LogP contribution < -0.4 is 10.6 Å². The molecule has 5 unspecified atom stereocenters. The fourth-order valence-electron chi connectivity index (χ4n) is 5.31. The number of benzene rings is 2. The second kappa shape index (κ2) is 14.7. The van der Waals surface area contributed by atoms with Crippen LogP contribution in [-0.4, -0.2) is 63.9 Å². The summed E-state index contributed by atoms with van der Waals surface area (Å²) >= 11 is 4.39. The zero-order valence-electron chi connectivity index (χ0n) is 28.0. The first-order valence-corrected chi connectivity index (χ1v) is 16.1. The van der Waals surface area contributed by atoms with Crippen molar-refractivity contribution in [3.63, 3.8) is 0 Å². The van der Waals surface area contributed by atoms with E-state index in [0.717, 1.165) is 16.7 Å². The van der Waals surface area contributed by atoms with Crippen molar-refractivity contribution < 1.29 is 28.7 Å². The predicted octanol–water partition coefficient (Wildman–Crippen LogP) is 5.47. The van der Waals surface area contributed by atoms with Gasteiger partial charge >= 0.3 is 12.1 Å². The number of amides is 3. The van der Waals surface area contributed by atoms with Crippen LogP contribution in [0.15, 0.2) is 48.5 Å². The van der Waals surface area contributed by atoms with Crippen LogP contribution in [-0.2, 0) is 30.3 Å². The molecule has 0 aromatic heterocycles. The third kappa shape index (κ3) is 10.2. The smallest absolute Gasteiger partial charge is 0.408 e. The molecular weight excluding hydrogens is 590 g/mol. The summed E-state index contributed by atoms with van der Waals surface area (Å²) < 4.78 is 11.1. The van der Waals surface area contributed by atoms with E-state index >= 15 is 0 Å². The van der Waals surface area contributed by atoms with Gasteiger partial charge in [-0.05, 0) is 90.0 Å². The number of carbonyl (C=O) groups is 4. The molecule has 2 N–H and O–H groups in total. The number of alkyl carbamates (subject to hydrolysis) is 1. The second-order valence-corrected chi connectivity index (χ2v) is 14.3. The van der Waals surface area contributed by atoms with Crippen LogP contribution in [0.25, 0.3) is 0 Å². The molecular formula is C35H49N3O6S. The molecule has 2 aromatic rings. The highest BCUT2D eigenvalue weighted by atomic mass is 32.1. The second-order valence-electron chi connectivity index (χ2n) is 13.9. The van der Waals surface area contributed by atoms with E-state index in [1.54, 1.807) is 46.4 Å². The molecule has 3 amide bonds. The van der Waals surface area contributed by atoms with Gasteiger partial charge in [0.05, 0.1) is 0 Å². The van der Waals surface area contributed by atoms with Crippen LogP contribution in [0.2, 0.25) is 0 Å². The summed E-state index contributed by atoms with van der Waals surface area (Å²) in [5.74, 6) is -1.42. The van der Waals surface area contributed by atoms with Crippen molar-refractivity contribution >= 4 is 36.5 Å². The average Bonchev–Trinajstić information content (AvgIpc) is 3.64. The lowest BCUT2D eigenvalue weighted by Crippen LogP contribution is -2.56. The molecule has 9 nitrogen and oxygen atoms in total. The van der Waals surface area contributed by atoms with E-state index in [-0.39, 0.29) is 24.1 Å². The third-order valence-corrected chi connectivity index (χ3v) is 7.85. The van der Waals surface area contributed by atoms with Crippen molar-refractivity contribution in [2.45, 2.75) is 111 Å². The summed E-state index contributed by atoms with van der Waals surface area (Å²) in [4.78, 5) is 56.8. The Bertz CT molecular complexity index is 1350. The van der Waals surface area contributed by atoms with E-state index in [4.69, 9.17) is 9.47 Å². The normalized spacial score (nSPS) is 18.2. The number of aryl methyl sites for hydroxylation is 2. The van der Waals surface area contributed by atoms with Crippen molar-refractivity contribution in [2.24, 2.45) is 5.92 Å². The number of ether oxygens (including phenoxy) is 2. The van der Waals surface area contributed by atoms with Gasteiger partial charge in [0.1, 0.15) is 29.3 Å². The minimum absolute atomic E-state index is 0.00862. The topological polar surface area (TPSA) is 114 Å². The highest BCUT2D eigenvalue weighted by Crippen LogP contribution is 2.42. The number of hydrogen-bond acceptors (Lipinski definition) is 7. The highest BCUT2D eigenvalue weighted by molar-refractivity contribution is 7.80. The van der Waals surface area contributed by atoms with E-state index in [1.807, 2.05) is 69.3 Å². The molecule has 10 heteroatoms. The minimum Gasteiger partial charge on any atom is -0.458 e. The Morgan fingerprint density at radius 1 is 0.867 bits per heavy atom. The minimum atomic E-state index is -1.09. The van der Waals surface area contributed by atoms with Crippen LogP contribution >= 0.6 is 12.6 Å². The first-order valence-electron chi connectivity index (χ1n) is 15.5. The number of nitrogens with one attached hydrogen (secondary N) is 2. The third-order valence-electron chi connectivity index (χ3n) is 7.48. The molecule has 3 rings (SSSR count). The van der Waals surface area contributed by atoms with Crippen LogP contribution in [0.4, 0.5) is 4.79 Å². The molecule has 1 fully saturated rings. The quantitative estimate of drug-likeness (QED) is 0.222. The van der Waals surface area contributed by atoms with Crippen LogP contribution in [0.1, 0.15) is 83.2 Å². The van der Waals surface area contributed by atoms with E-state index in [0.29, 0.717) is 12.0 Å². The summed E-state index contributed by atoms with van der Waals surface area (Å²) in [7, 11) is 0. The van der Waals surface area contributed by atoms with Gasteiger partial charge in [-0.2, -0.15) is 12.6 Å². The largest absolute Gasteiger partial charge is 0.458 e. The Balaban J connectivity index is 2.08. The van der Waals surface area contributed by atoms with Gasteiger partial charge in [-0.15, -0.1) is 0 Å². The van der Waals surface area contributed by atoms with E-state index in [2.05, 4.69) is 23.3 Å². The molecule has 0 spiro atoms. The van der Waals surface area contributed by atoms with Crippen LogP contribution in [0.5, 0.6) is 0 Å². The van der Waals surface area contributed by atoms with Gasteiger partial charge in [0.15, 0.2) is 0 Å². The van der Waals surface area contributed by atoms with Crippen molar-refractivity contribution in [2.75, 3.05) is 5.75 Å². The summed E-state index contributed by atoms with van der Waals surface area (Å²) in [5.41, 5.74) is 1.61. The molecule has 5 atom stereocenters. The Morgan fingerprint density at radius 3 is 1.91 bits per heavy atom. The first kappa shape index (κ1) is 35.9. The number of esters is 1. The molecule has 1 aliphatic carbocycles. The molecule has 0 saturated heterocycles. The Labute approximate surface area is 273 Å². The molecule has 0 aliphatic heterocycles. The Kier molecular flexibility index (Phi) is 11.7. The molecule has 0 bridgehead atoms. The summed E-state index contributed by atoms with van der Waals surface area (Å²) in [5, 5.41) is 5.62. The standard InChI is InChI=1S/C35H49N3O6S/c1-21-14-13-15-22(2)28(21)29(30(39)36-25(32(41)43-34(4,5)6)19-24-16-11-10-12-17-24)38(27-18-23(27)3)31(40)26(20-45)37-33(42)44-35(7,8)9/h10-17,23,25-27,29,45H,18-20H2,1-9H3,(H,36,39)(H,37,42). The zero-order valence-corrected chi connectivity index (χ0v) is 28.9. The fourth-order valence-corrected chi connectivity index (χ4v) is 5.56. The number of hydrogen-bond donors (Lipinski definition) is 3. The maximum atomic E-state index is 14.6. The molecule has 0 radical (unpaired) electrons. The molecule has 246 valence electrons. The zero-order chi connectivity index (χ0) is 33.7. The number of carbonyl (C=O) groups excluding carboxylic acids is 4. The van der Waals surface area contributed by atoms with Crippen molar-refractivity contribution in [1.29, 1.82) is 0 Å². The average molecular weight is 640 g/mol. The van der Waals surface area contributed by atoms with Gasteiger partial charge in [-0.25, -0.2) is 9.59 Å². The number of rotatable bonds is 11. The maximum Gasteiger partial charge on any atom is 0.408 e. The number of nitrogens with zero attached hydrogens (tertiary/aromatic N) is 1. The van der Waals surface area contributed by atoms with E-state index in [1.165, 1.54) is 0 Å². The fraction of sp³-hybridized carbons (Fsp3) is 0.543. The summed E-state index contributed by atoms with van der Waals surface area (Å²) in [6.45, 7) is 16.3. The van der Waals surface area contributed by atoms with E-state index in [9.17, 15) is 19.2 Å². The lowest BCUT2D eigenvalue weighted by molar-refractivity contribution is -0.159. The SMILES string of the molecule is Cc1cccc(C)c1C(C(=O)NC(Cc1ccccc1)C(=O)OC(C)(C)C)N(C(=O)C(CS)NC(=O)OC(C)(C)C)C1CC1C. The summed E-state index contributed by atoms with van der Waals surface area (Å²) in [6.07, 6.45) is 0.138. The van der Waals surface area contributed by atoms with Crippen molar-refractivity contribution in [3.05, 3.63) is 70.8 Å². The van der Waals surface area contributed by atoms with Crippen LogP contribution in [0, 0.1) is 19.8 Å². The van der Waals surface area contributed by atoms with E-state index < -0.39 is 53.2 Å². The molecule has 45 heavy (non-hydrogen) atoms. The monoisotopic (exact) mass is 639 g/mol. The van der Waals surface area contributed by atoms with Gasteiger partial charge in [-0.3, -0.25) is 9.59 Å². The predicted molar refractivity (Wildman–Crippen MR) is 178 cm³/mol. The highest BCUT2D eigenvalue weighted by Gasteiger charge is 2.49. The Morgan fingerprint density at radius 2 is 1.42 bits per heavy atom.